The van der Waals surface area contributed by atoms with Gasteiger partial charge in [0.2, 0.25) is 5.91 Å². The number of aromatic nitrogens is 4. The molecule has 8 heteroatoms. The van der Waals surface area contributed by atoms with E-state index in [0.717, 1.165) is 27.2 Å². The molecule has 4 rings (SSSR count). The zero-order valence-corrected chi connectivity index (χ0v) is 20.2. The Balaban J connectivity index is 1.76. The molecule has 2 aromatic heterocycles. The number of benzene rings is 2. The first-order valence-electron chi connectivity index (χ1n) is 10.8. The summed E-state index contributed by atoms with van der Waals surface area (Å²) in [4.78, 5) is 27.6. The molecule has 1 amide bonds. The molecule has 0 radical (unpaired) electrons. The second kappa shape index (κ2) is 9.23. The second-order valence-electron chi connectivity index (χ2n) is 8.04. The van der Waals surface area contributed by atoms with Gasteiger partial charge in [-0.1, -0.05) is 30.7 Å². The van der Waals surface area contributed by atoms with Gasteiger partial charge in [0.05, 0.1) is 22.5 Å². The molecule has 2 heterocycles. The quantitative estimate of drug-likeness (QED) is 0.416. The minimum atomic E-state index is -0.747. The number of thioether (sulfide) groups is 1. The highest BCUT2D eigenvalue weighted by molar-refractivity contribution is 7.98. The van der Waals surface area contributed by atoms with Crippen LogP contribution in [0.2, 0.25) is 0 Å². The van der Waals surface area contributed by atoms with Crippen molar-refractivity contribution in [2.24, 2.45) is 0 Å². The second-order valence-corrected chi connectivity index (χ2v) is 8.92. The van der Waals surface area contributed by atoms with Crippen molar-refractivity contribution in [2.45, 2.75) is 45.1 Å². The highest BCUT2D eigenvalue weighted by atomic mass is 32.2. The Kier molecular flexibility index (Phi) is 6.37. The van der Waals surface area contributed by atoms with E-state index < -0.39 is 6.04 Å². The maximum absolute atomic E-state index is 13.4. The van der Waals surface area contributed by atoms with Crippen LogP contribution < -0.4 is 10.9 Å². The Morgan fingerprint density at radius 3 is 2.48 bits per heavy atom. The van der Waals surface area contributed by atoms with Gasteiger partial charge < -0.3 is 5.32 Å². The predicted octanol–water partition coefficient (Wildman–Crippen LogP) is 4.82. The van der Waals surface area contributed by atoms with Crippen LogP contribution in [-0.2, 0) is 4.79 Å². The number of anilines is 1. The molecule has 1 N–H and O–H groups in total. The number of hydrogen-bond acceptors (Lipinski definition) is 5. The Morgan fingerprint density at radius 1 is 1.09 bits per heavy atom. The lowest BCUT2D eigenvalue weighted by atomic mass is 10.1. The van der Waals surface area contributed by atoms with Gasteiger partial charge in [-0.15, -0.1) is 11.8 Å². The molecule has 0 aliphatic heterocycles. The predicted molar refractivity (Wildman–Crippen MR) is 134 cm³/mol. The maximum atomic E-state index is 13.4. The molecule has 2 aromatic carbocycles. The third kappa shape index (κ3) is 4.30. The molecular weight excluding hydrogens is 434 g/mol. The summed E-state index contributed by atoms with van der Waals surface area (Å²) in [7, 11) is 0. The Bertz CT molecular complexity index is 1390. The molecule has 0 saturated heterocycles. The standard InChI is InChI=1S/C25H27N5O2S/c1-6-21(24(31)26-18-8-7-9-20(14-18)33-5)30-25(32)23-22(16(3)27-30)17(4)29(28-23)19-12-10-15(2)11-13-19/h7-14,21H,6H2,1-5H3,(H,26,31)/t21-/m1/s1. The molecule has 1 atom stereocenters. The highest BCUT2D eigenvalue weighted by Crippen LogP contribution is 2.24. The summed E-state index contributed by atoms with van der Waals surface area (Å²) in [6.07, 6.45) is 2.40. The number of rotatable bonds is 6. The fourth-order valence-corrected chi connectivity index (χ4v) is 4.45. The van der Waals surface area contributed by atoms with Crippen LogP contribution in [0, 0.1) is 20.8 Å². The maximum Gasteiger partial charge on any atom is 0.295 e. The zero-order chi connectivity index (χ0) is 23.7. The molecule has 0 fully saturated rings. The number of aryl methyl sites for hydroxylation is 3. The van der Waals surface area contributed by atoms with Gasteiger partial charge in [0.25, 0.3) is 5.56 Å². The lowest BCUT2D eigenvalue weighted by Crippen LogP contribution is -2.35. The van der Waals surface area contributed by atoms with E-state index in [0.29, 0.717) is 23.3 Å². The molecule has 0 aliphatic rings. The van der Waals surface area contributed by atoms with E-state index in [9.17, 15) is 9.59 Å². The van der Waals surface area contributed by atoms with Gasteiger partial charge in [-0.05, 0) is 63.8 Å². The van der Waals surface area contributed by atoms with Crippen molar-refractivity contribution in [3.05, 3.63) is 75.8 Å². The molecule has 0 spiro atoms. The van der Waals surface area contributed by atoms with Gasteiger partial charge in [0.15, 0.2) is 5.52 Å². The summed E-state index contributed by atoms with van der Waals surface area (Å²) in [6, 6.07) is 14.8. The minimum Gasteiger partial charge on any atom is -0.324 e. The van der Waals surface area contributed by atoms with Crippen molar-refractivity contribution in [1.82, 2.24) is 19.6 Å². The van der Waals surface area contributed by atoms with Crippen molar-refractivity contribution in [2.75, 3.05) is 11.6 Å². The summed E-state index contributed by atoms with van der Waals surface area (Å²) in [6.45, 7) is 7.66. The summed E-state index contributed by atoms with van der Waals surface area (Å²) < 4.78 is 3.04. The summed E-state index contributed by atoms with van der Waals surface area (Å²) in [5, 5.41) is 12.8. The minimum absolute atomic E-state index is 0.279. The van der Waals surface area contributed by atoms with Crippen LogP contribution in [-0.4, -0.2) is 31.7 Å². The van der Waals surface area contributed by atoms with Crippen molar-refractivity contribution in [1.29, 1.82) is 0 Å². The van der Waals surface area contributed by atoms with E-state index in [-0.39, 0.29) is 11.5 Å². The Hall–Kier alpha value is -3.39. The lowest BCUT2D eigenvalue weighted by molar-refractivity contribution is -0.119. The molecule has 0 saturated carbocycles. The number of nitrogens with zero attached hydrogens (tertiary/aromatic N) is 4. The highest BCUT2D eigenvalue weighted by Gasteiger charge is 2.25. The van der Waals surface area contributed by atoms with Crippen molar-refractivity contribution < 1.29 is 4.79 Å². The van der Waals surface area contributed by atoms with Gasteiger partial charge in [-0.25, -0.2) is 9.36 Å². The van der Waals surface area contributed by atoms with Crippen LogP contribution in [0.1, 0.15) is 36.3 Å². The van der Waals surface area contributed by atoms with Gasteiger partial charge in [0.1, 0.15) is 6.04 Å². The first kappa shape index (κ1) is 22.8. The van der Waals surface area contributed by atoms with Crippen LogP contribution in [0.15, 0.2) is 58.2 Å². The number of hydrogen-bond donors (Lipinski definition) is 1. The van der Waals surface area contributed by atoms with Crippen LogP contribution in [0.5, 0.6) is 0 Å². The number of carbonyl (C=O) groups is 1. The molecule has 7 nitrogen and oxygen atoms in total. The van der Waals surface area contributed by atoms with E-state index in [4.69, 9.17) is 0 Å². The molecular formula is C25H27N5O2S. The van der Waals surface area contributed by atoms with E-state index in [1.165, 1.54) is 4.68 Å². The fraction of sp³-hybridized carbons (Fsp3) is 0.280. The Morgan fingerprint density at radius 2 is 1.82 bits per heavy atom. The summed E-state index contributed by atoms with van der Waals surface area (Å²) in [5.74, 6) is -0.279. The van der Waals surface area contributed by atoms with Gasteiger partial charge in [0, 0.05) is 10.6 Å². The fourth-order valence-electron chi connectivity index (χ4n) is 4.00. The molecule has 33 heavy (non-hydrogen) atoms. The monoisotopic (exact) mass is 461 g/mol. The van der Waals surface area contributed by atoms with Crippen LogP contribution in [0.3, 0.4) is 0 Å². The average molecular weight is 462 g/mol. The zero-order valence-electron chi connectivity index (χ0n) is 19.4. The summed E-state index contributed by atoms with van der Waals surface area (Å²) >= 11 is 1.60. The van der Waals surface area contributed by atoms with Crippen molar-refractivity contribution in [3.8, 4) is 5.69 Å². The average Bonchev–Trinajstić information content (AvgIpc) is 3.16. The van der Waals surface area contributed by atoms with E-state index in [1.54, 1.807) is 16.4 Å². The topological polar surface area (TPSA) is 81.8 Å². The van der Waals surface area contributed by atoms with Crippen LogP contribution >= 0.6 is 11.8 Å². The number of carbonyl (C=O) groups excluding carboxylic acids is 1. The molecule has 4 aromatic rings. The van der Waals surface area contributed by atoms with E-state index in [2.05, 4.69) is 15.5 Å². The largest absolute Gasteiger partial charge is 0.324 e. The first-order valence-corrected chi connectivity index (χ1v) is 12.1. The van der Waals surface area contributed by atoms with Gasteiger partial charge in [-0.3, -0.25) is 9.59 Å². The molecule has 0 unspecified atom stereocenters. The van der Waals surface area contributed by atoms with Crippen molar-refractivity contribution >= 4 is 34.3 Å². The van der Waals surface area contributed by atoms with Crippen LogP contribution in [0.25, 0.3) is 16.6 Å². The van der Waals surface area contributed by atoms with E-state index >= 15 is 0 Å². The van der Waals surface area contributed by atoms with E-state index in [1.807, 2.05) is 82.5 Å². The smallest absolute Gasteiger partial charge is 0.295 e. The molecule has 170 valence electrons. The normalized spacial score (nSPS) is 12.2. The number of amides is 1. The number of nitrogens with one attached hydrogen (secondary N) is 1. The molecule has 0 aliphatic carbocycles. The van der Waals surface area contributed by atoms with Crippen molar-refractivity contribution in [3.63, 3.8) is 0 Å². The third-order valence-electron chi connectivity index (χ3n) is 5.75. The first-order chi connectivity index (χ1) is 15.8. The Labute approximate surface area is 196 Å². The molecule has 0 bridgehead atoms. The number of fused-ring (bicyclic) bond motifs is 1. The lowest BCUT2D eigenvalue weighted by Gasteiger charge is -2.17. The SMILES string of the molecule is CC[C@H](C(=O)Nc1cccc(SC)c1)n1nc(C)c2c(C)n(-c3ccc(C)cc3)nc2c1=O. The van der Waals surface area contributed by atoms with Gasteiger partial charge in [-0.2, -0.15) is 10.2 Å². The third-order valence-corrected chi connectivity index (χ3v) is 6.47. The van der Waals surface area contributed by atoms with Gasteiger partial charge >= 0.3 is 0 Å². The van der Waals surface area contributed by atoms with Crippen LogP contribution in [0.4, 0.5) is 5.69 Å². The summed E-state index contributed by atoms with van der Waals surface area (Å²) in [5.41, 5.74) is 4.16.